The highest BCUT2D eigenvalue weighted by atomic mass is 16.1. The van der Waals surface area contributed by atoms with E-state index >= 15 is 0 Å². The van der Waals surface area contributed by atoms with Crippen molar-refractivity contribution in [2.45, 2.75) is 72.6 Å². The highest BCUT2D eigenvalue weighted by Crippen LogP contribution is 2.29. The fraction of sp³-hybridized carbons (Fsp3) is 0.423. The van der Waals surface area contributed by atoms with Crippen LogP contribution in [0.3, 0.4) is 0 Å². The standard InChI is InChI=1S/C26H33N7O/c1-7-22(24-29-30-31-33(24)26(4,5)6)32(15-19-9-8-10-27-14-19)16-21-13-20-12-17(2)11-18(3)23(20)28-25(21)34/h8-14,22H,7,15-16H2,1-6H3,(H,28,34)/t22-/m0/s1. The van der Waals surface area contributed by atoms with E-state index in [1.807, 2.05) is 29.9 Å². The summed E-state index contributed by atoms with van der Waals surface area (Å²) >= 11 is 0. The Morgan fingerprint density at radius 3 is 2.62 bits per heavy atom. The Kier molecular flexibility index (Phi) is 6.61. The Hall–Kier alpha value is -3.39. The van der Waals surface area contributed by atoms with Crippen LogP contribution >= 0.6 is 0 Å². The van der Waals surface area contributed by atoms with E-state index in [-0.39, 0.29) is 17.1 Å². The van der Waals surface area contributed by atoms with E-state index in [9.17, 15) is 4.79 Å². The van der Waals surface area contributed by atoms with Gasteiger partial charge in [0.25, 0.3) is 5.56 Å². The molecule has 0 unspecified atom stereocenters. The molecule has 1 atom stereocenters. The second-order valence-corrected chi connectivity index (χ2v) is 9.98. The van der Waals surface area contributed by atoms with E-state index in [0.717, 1.165) is 39.8 Å². The van der Waals surface area contributed by atoms with Gasteiger partial charge in [-0.1, -0.05) is 24.6 Å². The number of hydrogen-bond donors (Lipinski definition) is 1. The van der Waals surface area contributed by atoms with Gasteiger partial charge in [-0.2, -0.15) is 0 Å². The van der Waals surface area contributed by atoms with Crippen LogP contribution in [0.4, 0.5) is 0 Å². The minimum atomic E-state index is -0.262. The molecular weight excluding hydrogens is 426 g/mol. The number of aromatic nitrogens is 6. The molecule has 0 amide bonds. The van der Waals surface area contributed by atoms with Crippen molar-refractivity contribution in [2.24, 2.45) is 0 Å². The van der Waals surface area contributed by atoms with E-state index in [1.165, 1.54) is 5.56 Å². The number of H-pyrrole nitrogens is 1. The first-order valence-electron chi connectivity index (χ1n) is 11.7. The number of pyridine rings is 2. The minimum Gasteiger partial charge on any atom is -0.321 e. The third kappa shape index (κ3) is 4.92. The van der Waals surface area contributed by atoms with Crippen molar-refractivity contribution in [3.8, 4) is 0 Å². The molecule has 0 saturated heterocycles. The molecule has 4 rings (SSSR count). The lowest BCUT2D eigenvalue weighted by Crippen LogP contribution is -2.35. The molecule has 3 heterocycles. The fourth-order valence-corrected chi connectivity index (χ4v) is 4.55. The van der Waals surface area contributed by atoms with E-state index in [0.29, 0.717) is 13.1 Å². The van der Waals surface area contributed by atoms with Crippen molar-refractivity contribution in [1.29, 1.82) is 0 Å². The van der Waals surface area contributed by atoms with Gasteiger partial charge in [-0.05, 0) is 86.2 Å². The third-order valence-electron chi connectivity index (χ3n) is 6.11. The van der Waals surface area contributed by atoms with Crippen molar-refractivity contribution in [2.75, 3.05) is 0 Å². The van der Waals surface area contributed by atoms with Crippen molar-refractivity contribution in [1.82, 2.24) is 35.1 Å². The predicted molar refractivity (Wildman–Crippen MR) is 133 cm³/mol. The molecule has 0 fully saturated rings. The van der Waals surface area contributed by atoms with Crippen LogP contribution in [0.25, 0.3) is 10.9 Å². The normalized spacial score (nSPS) is 13.0. The fourth-order valence-electron chi connectivity index (χ4n) is 4.55. The molecule has 0 aliphatic heterocycles. The van der Waals surface area contributed by atoms with Gasteiger partial charge >= 0.3 is 0 Å². The van der Waals surface area contributed by atoms with Crippen LogP contribution in [0.2, 0.25) is 0 Å². The number of fused-ring (bicyclic) bond motifs is 1. The lowest BCUT2D eigenvalue weighted by atomic mass is 10.0. The maximum Gasteiger partial charge on any atom is 0.252 e. The Bertz CT molecular complexity index is 1340. The van der Waals surface area contributed by atoms with Crippen molar-refractivity contribution in [3.05, 3.63) is 81.2 Å². The van der Waals surface area contributed by atoms with Crippen LogP contribution in [0.5, 0.6) is 0 Å². The summed E-state index contributed by atoms with van der Waals surface area (Å²) in [5, 5.41) is 13.7. The molecule has 34 heavy (non-hydrogen) atoms. The molecule has 4 aromatic rings. The molecular formula is C26H33N7O. The minimum absolute atomic E-state index is 0.0686. The molecule has 3 aromatic heterocycles. The Morgan fingerprint density at radius 1 is 1.15 bits per heavy atom. The molecule has 0 aliphatic carbocycles. The van der Waals surface area contributed by atoms with Gasteiger partial charge in [0.1, 0.15) is 0 Å². The SMILES string of the molecule is CC[C@@H](c1nnnn1C(C)(C)C)N(Cc1cccnc1)Cc1cc2cc(C)cc(C)c2[nH]c1=O. The van der Waals surface area contributed by atoms with Crippen LogP contribution < -0.4 is 5.56 Å². The summed E-state index contributed by atoms with van der Waals surface area (Å²) < 4.78 is 1.88. The van der Waals surface area contributed by atoms with Gasteiger partial charge < -0.3 is 4.98 Å². The third-order valence-corrected chi connectivity index (χ3v) is 6.11. The molecule has 0 bridgehead atoms. The summed E-state index contributed by atoms with van der Waals surface area (Å²) in [5.41, 5.74) is 4.59. The van der Waals surface area contributed by atoms with E-state index in [2.05, 4.69) is 83.2 Å². The first-order chi connectivity index (χ1) is 16.2. The summed E-state index contributed by atoms with van der Waals surface area (Å²) in [6.45, 7) is 13.6. The first-order valence-corrected chi connectivity index (χ1v) is 11.7. The summed E-state index contributed by atoms with van der Waals surface area (Å²) in [6.07, 6.45) is 4.42. The van der Waals surface area contributed by atoms with E-state index < -0.39 is 0 Å². The smallest absolute Gasteiger partial charge is 0.252 e. The lowest BCUT2D eigenvalue weighted by molar-refractivity contribution is 0.153. The quantitative estimate of drug-likeness (QED) is 0.439. The van der Waals surface area contributed by atoms with Crippen molar-refractivity contribution in [3.63, 3.8) is 0 Å². The maximum atomic E-state index is 13.1. The number of tetrazole rings is 1. The highest BCUT2D eigenvalue weighted by molar-refractivity contribution is 5.82. The van der Waals surface area contributed by atoms with Crippen LogP contribution in [0, 0.1) is 13.8 Å². The van der Waals surface area contributed by atoms with Crippen LogP contribution in [-0.4, -0.2) is 35.1 Å². The van der Waals surface area contributed by atoms with Gasteiger partial charge in [0.05, 0.1) is 17.1 Å². The zero-order valence-corrected chi connectivity index (χ0v) is 20.8. The first kappa shape index (κ1) is 23.8. The number of benzene rings is 1. The molecule has 0 aliphatic rings. The molecule has 0 spiro atoms. The number of nitrogens with zero attached hydrogens (tertiary/aromatic N) is 6. The molecule has 8 heteroatoms. The molecule has 0 saturated carbocycles. The average molecular weight is 460 g/mol. The molecule has 178 valence electrons. The van der Waals surface area contributed by atoms with Crippen LogP contribution in [-0.2, 0) is 18.6 Å². The number of nitrogens with one attached hydrogen (secondary N) is 1. The predicted octanol–water partition coefficient (Wildman–Crippen LogP) is 4.43. The number of rotatable bonds is 7. The summed E-state index contributed by atoms with van der Waals surface area (Å²) in [6, 6.07) is 10.1. The van der Waals surface area contributed by atoms with Crippen molar-refractivity contribution >= 4 is 10.9 Å². The van der Waals surface area contributed by atoms with Gasteiger partial charge in [-0.3, -0.25) is 14.7 Å². The van der Waals surface area contributed by atoms with E-state index in [4.69, 9.17) is 0 Å². The van der Waals surface area contributed by atoms with Gasteiger partial charge in [0.2, 0.25) is 0 Å². The largest absolute Gasteiger partial charge is 0.321 e. The molecule has 1 N–H and O–H groups in total. The second kappa shape index (κ2) is 9.46. The van der Waals surface area contributed by atoms with Crippen molar-refractivity contribution < 1.29 is 0 Å². The number of hydrogen-bond acceptors (Lipinski definition) is 6. The highest BCUT2D eigenvalue weighted by Gasteiger charge is 2.29. The number of aromatic amines is 1. The Morgan fingerprint density at radius 2 is 1.94 bits per heavy atom. The topological polar surface area (TPSA) is 92.6 Å². The number of aryl methyl sites for hydroxylation is 2. The summed E-state index contributed by atoms with van der Waals surface area (Å²) in [7, 11) is 0. The Labute approximate surface area is 200 Å². The van der Waals surface area contributed by atoms with Crippen LogP contribution in [0.15, 0.2) is 47.5 Å². The van der Waals surface area contributed by atoms with E-state index in [1.54, 1.807) is 6.20 Å². The van der Waals surface area contributed by atoms with Gasteiger partial charge in [0.15, 0.2) is 5.82 Å². The lowest BCUT2D eigenvalue weighted by Gasteiger charge is -2.32. The summed E-state index contributed by atoms with van der Waals surface area (Å²) in [4.78, 5) is 22.8. The molecule has 1 aromatic carbocycles. The molecule has 0 radical (unpaired) electrons. The molecule has 8 nitrogen and oxygen atoms in total. The average Bonchev–Trinajstić information content (AvgIpc) is 3.26. The van der Waals surface area contributed by atoms with Gasteiger partial charge in [0, 0.05) is 31.0 Å². The summed E-state index contributed by atoms with van der Waals surface area (Å²) in [5.74, 6) is 0.794. The Balaban J connectivity index is 1.79. The zero-order chi connectivity index (χ0) is 24.5. The maximum absolute atomic E-state index is 13.1. The zero-order valence-electron chi connectivity index (χ0n) is 20.8. The van der Waals surface area contributed by atoms with Gasteiger partial charge in [-0.15, -0.1) is 5.10 Å². The monoisotopic (exact) mass is 459 g/mol. The second-order valence-electron chi connectivity index (χ2n) is 9.98. The van der Waals surface area contributed by atoms with Crippen LogP contribution in [0.1, 0.15) is 68.2 Å². The van der Waals surface area contributed by atoms with Gasteiger partial charge in [-0.25, -0.2) is 4.68 Å².